The molecule has 3 aromatic rings. The number of nitrogens with zero attached hydrogens (tertiary/aromatic N) is 1. The van der Waals surface area contributed by atoms with Gasteiger partial charge in [0.25, 0.3) is 10.0 Å². The summed E-state index contributed by atoms with van der Waals surface area (Å²) in [6.07, 6.45) is -10.3. The number of nitrogens with one attached hydrogen (secondary N) is 3. The highest BCUT2D eigenvalue weighted by molar-refractivity contribution is 7.90. The molecule has 20 heteroatoms. The maximum Gasteiger partial charge on any atom is 0.508 e. The normalized spacial score (nSPS) is 17.2. The number of thiophene rings is 1. The molecule has 0 aliphatic carbocycles. The minimum atomic E-state index is -4.85. The largest absolute Gasteiger partial charge is 0.508 e. The third-order valence-electron chi connectivity index (χ3n) is 7.82. The topological polar surface area (TPSA) is 135 Å². The zero-order valence-corrected chi connectivity index (χ0v) is 28.8. The Morgan fingerprint density at radius 3 is 2.46 bits per heavy atom. The van der Waals surface area contributed by atoms with Crippen molar-refractivity contribution in [3.63, 3.8) is 0 Å². The van der Waals surface area contributed by atoms with Crippen LogP contribution in [0.15, 0.2) is 35.2 Å². The lowest BCUT2D eigenvalue weighted by molar-refractivity contribution is -0.153. The molecule has 0 radical (unpaired) electrons. The van der Waals surface area contributed by atoms with Gasteiger partial charge in [-0.15, -0.1) is 11.3 Å². The number of amides is 1. The summed E-state index contributed by atoms with van der Waals surface area (Å²) in [4.78, 5) is 23.6. The van der Waals surface area contributed by atoms with Crippen molar-refractivity contribution in [2.45, 2.75) is 55.6 Å². The highest BCUT2D eigenvalue weighted by Crippen LogP contribution is 2.40. The third-order valence-corrected chi connectivity index (χ3v) is 10.5. The van der Waals surface area contributed by atoms with Crippen molar-refractivity contribution in [3.8, 4) is 17.6 Å². The van der Waals surface area contributed by atoms with Gasteiger partial charge >= 0.3 is 18.5 Å². The van der Waals surface area contributed by atoms with Crippen molar-refractivity contribution >= 4 is 54.9 Å². The van der Waals surface area contributed by atoms with E-state index < -0.39 is 76.2 Å². The van der Waals surface area contributed by atoms with E-state index in [0.717, 1.165) is 18.3 Å². The van der Waals surface area contributed by atoms with Crippen LogP contribution in [0.5, 0.6) is 5.75 Å². The van der Waals surface area contributed by atoms with Gasteiger partial charge in [-0.2, -0.15) is 26.3 Å². The zero-order valence-electron chi connectivity index (χ0n) is 27.2. The molecule has 1 atom stereocenters. The standard InChI is InChI=1S/C32H31F7N4O7S2/c1-18(44)42-52(46,47)28-13-26(49-17-32(37,38)39)25(12-23(28)33)40-9-3-6-27-22(14-31(34,35)36)21-4-2-5-24(29(21)51-27)41-19-7-10-43(11-8-19)15-20-16-48-30(45)50-20/h2,4-5,12-13,19-20,40-41H,7-11,14-17H2,1H3,(H,42,44). The summed E-state index contributed by atoms with van der Waals surface area (Å²) in [6, 6.07) is 5.95. The molecule has 2 fully saturated rings. The molecular weight excluding hydrogens is 749 g/mol. The smallest absolute Gasteiger partial charge is 0.482 e. The molecule has 1 aromatic heterocycles. The molecule has 0 bridgehead atoms. The number of fused-ring (bicyclic) bond motifs is 1. The van der Waals surface area contributed by atoms with Gasteiger partial charge in [0.1, 0.15) is 23.1 Å². The Labute approximate surface area is 296 Å². The second kappa shape index (κ2) is 15.6. The predicted octanol–water partition coefficient (Wildman–Crippen LogP) is 5.79. The van der Waals surface area contributed by atoms with Crippen molar-refractivity contribution in [3.05, 3.63) is 46.6 Å². The van der Waals surface area contributed by atoms with E-state index >= 15 is 0 Å². The minimum absolute atomic E-state index is 0.00454. The second-order valence-electron chi connectivity index (χ2n) is 11.9. The number of carbonyl (C=O) groups excluding carboxylic acids is 2. The molecule has 2 saturated heterocycles. The molecule has 0 spiro atoms. The van der Waals surface area contributed by atoms with Gasteiger partial charge in [0.2, 0.25) is 5.91 Å². The first-order chi connectivity index (χ1) is 24.4. The van der Waals surface area contributed by atoms with Gasteiger partial charge < -0.3 is 24.8 Å². The second-order valence-corrected chi connectivity index (χ2v) is 14.6. The highest BCUT2D eigenvalue weighted by Gasteiger charge is 2.33. The van der Waals surface area contributed by atoms with Gasteiger partial charge in [-0.1, -0.05) is 24.0 Å². The average molecular weight is 781 g/mol. The van der Waals surface area contributed by atoms with Crippen LogP contribution >= 0.6 is 11.3 Å². The Hall–Kier alpha value is -4.48. The van der Waals surface area contributed by atoms with Crippen LogP contribution < -0.4 is 20.1 Å². The Kier molecular flexibility index (Phi) is 11.6. The molecule has 52 heavy (non-hydrogen) atoms. The van der Waals surface area contributed by atoms with Crippen molar-refractivity contribution < 1.29 is 63.0 Å². The van der Waals surface area contributed by atoms with Gasteiger partial charge in [-0.05, 0) is 29.9 Å². The summed E-state index contributed by atoms with van der Waals surface area (Å²) in [5, 5.41) is 6.29. The SMILES string of the molecule is CC(=O)NS(=O)(=O)c1cc(OCC(F)(F)F)c(NCC#Cc2sc3c(NC4CCN(CC5COC(=O)O5)CC4)cccc3c2CC(F)(F)F)cc1F. The first kappa shape index (κ1) is 38.7. The lowest BCUT2D eigenvalue weighted by Gasteiger charge is -2.33. The molecule has 2 aliphatic rings. The molecular formula is C32H31F7N4O7S2. The van der Waals surface area contributed by atoms with E-state index in [-0.39, 0.29) is 29.2 Å². The summed E-state index contributed by atoms with van der Waals surface area (Å²) in [7, 11) is -4.81. The number of hydrogen-bond donors (Lipinski definition) is 3. The van der Waals surface area contributed by atoms with Crippen LogP contribution in [0.2, 0.25) is 0 Å². The number of alkyl halides is 6. The van der Waals surface area contributed by atoms with E-state index in [0.29, 0.717) is 60.4 Å². The summed E-state index contributed by atoms with van der Waals surface area (Å²) < 4.78 is 136. The van der Waals surface area contributed by atoms with E-state index in [1.54, 1.807) is 18.2 Å². The number of carbonyl (C=O) groups is 2. The van der Waals surface area contributed by atoms with Crippen LogP contribution in [0.4, 0.5) is 46.9 Å². The van der Waals surface area contributed by atoms with Gasteiger partial charge in [0.15, 0.2) is 12.7 Å². The number of hydrogen-bond acceptors (Lipinski definition) is 11. The Morgan fingerprint density at radius 1 is 1.10 bits per heavy atom. The molecule has 3 heterocycles. The number of benzene rings is 2. The summed E-state index contributed by atoms with van der Waals surface area (Å²) in [5.41, 5.74) is 0.115. The Morgan fingerprint density at radius 2 is 1.83 bits per heavy atom. The van der Waals surface area contributed by atoms with Crippen LogP contribution in [-0.4, -0.2) is 89.3 Å². The van der Waals surface area contributed by atoms with E-state index in [1.807, 2.05) is 0 Å². The number of halogens is 7. The van der Waals surface area contributed by atoms with Crippen molar-refractivity contribution in [2.24, 2.45) is 0 Å². The van der Waals surface area contributed by atoms with Crippen LogP contribution in [-0.2, 0) is 30.7 Å². The van der Waals surface area contributed by atoms with Gasteiger partial charge in [-0.3, -0.25) is 9.69 Å². The molecule has 1 amide bonds. The third kappa shape index (κ3) is 10.3. The number of rotatable bonds is 11. The number of ether oxygens (including phenoxy) is 3. The van der Waals surface area contributed by atoms with Crippen molar-refractivity contribution in [1.82, 2.24) is 9.62 Å². The first-order valence-corrected chi connectivity index (χ1v) is 17.9. The quantitative estimate of drug-likeness (QED) is 0.125. The number of piperidine rings is 1. The first-order valence-electron chi connectivity index (χ1n) is 15.6. The van der Waals surface area contributed by atoms with E-state index in [1.165, 1.54) is 4.72 Å². The lowest BCUT2D eigenvalue weighted by atomic mass is 10.0. The highest BCUT2D eigenvalue weighted by atomic mass is 32.2. The molecule has 1 unspecified atom stereocenters. The van der Waals surface area contributed by atoms with Crippen molar-refractivity contribution in [1.29, 1.82) is 0 Å². The fourth-order valence-electron chi connectivity index (χ4n) is 5.65. The molecule has 5 rings (SSSR count). The summed E-state index contributed by atoms with van der Waals surface area (Å²) >= 11 is 1.03. The average Bonchev–Trinajstić information content (AvgIpc) is 3.60. The van der Waals surface area contributed by atoms with E-state index in [9.17, 15) is 48.7 Å². The van der Waals surface area contributed by atoms with Gasteiger partial charge in [0.05, 0.1) is 33.9 Å². The van der Waals surface area contributed by atoms with Crippen LogP contribution in [0.1, 0.15) is 30.2 Å². The lowest BCUT2D eigenvalue weighted by Crippen LogP contribution is -2.43. The predicted molar refractivity (Wildman–Crippen MR) is 175 cm³/mol. The molecule has 2 aliphatic heterocycles. The van der Waals surface area contributed by atoms with Crippen LogP contribution in [0, 0.1) is 17.7 Å². The number of anilines is 2. The van der Waals surface area contributed by atoms with Gasteiger partial charge in [0, 0.05) is 44.7 Å². The van der Waals surface area contributed by atoms with Crippen LogP contribution in [0.3, 0.4) is 0 Å². The number of sulfonamides is 1. The monoisotopic (exact) mass is 780 g/mol. The maximum atomic E-state index is 14.9. The van der Waals surface area contributed by atoms with Crippen LogP contribution in [0.25, 0.3) is 10.1 Å². The summed E-state index contributed by atoms with van der Waals surface area (Å²) in [6.45, 7) is 0.638. The van der Waals surface area contributed by atoms with Crippen molar-refractivity contribution in [2.75, 3.05) is 50.0 Å². The summed E-state index contributed by atoms with van der Waals surface area (Å²) in [5.74, 6) is 2.05. The number of likely N-dealkylation sites (tertiary alicyclic amines) is 1. The maximum absolute atomic E-state index is 14.9. The van der Waals surface area contributed by atoms with E-state index in [2.05, 4.69) is 27.4 Å². The number of cyclic esters (lactones) is 2. The molecule has 3 N–H and O–H groups in total. The zero-order chi connectivity index (χ0) is 37.8. The fraction of sp³-hybridized carbons (Fsp3) is 0.438. The Bertz CT molecular complexity index is 1980. The Balaban J connectivity index is 1.35. The molecule has 0 saturated carbocycles. The van der Waals surface area contributed by atoms with Gasteiger partial charge in [-0.25, -0.2) is 22.3 Å². The molecule has 2 aromatic carbocycles. The molecule has 11 nitrogen and oxygen atoms in total. The molecule has 282 valence electrons. The minimum Gasteiger partial charge on any atom is -0.482 e. The van der Waals surface area contributed by atoms with E-state index in [4.69, 9.17) is 14.2 Å². The fourth-order valence-corrected chi connectivity index (χ4v) is 7.89.